The van der Waals surface area contributed by atoms with E-state index in [4.69, 9.17) is 0 Å². The van der Waals surface area contributed by atoms with Crippen LogP contribution in [0.15, 0.2) is 24.4 Å². The minimum atomic E-state index is -0.697. The van der Waals surface area contributed by atoms with E-state index in [1.165, 1.54) is 19.2 Å². The van der Waals surface area contributed by atoms with E-state index < -0.39 is 11.9 Å². The number of rotatable bonds is 4. The van der Waals surface area contributed by atoms with Crippen molar-refractivity contribution in [2.75, 3.05) is 0 Å². The second kappa shape index (κ2) is 5.81. The molecule has 2 rings (SSSR count). The number of aryl methyl sites for hydroxylation is 2. The summed E-state index contributed by atoms with van der Waals surface area (Å²) >= 11 is 0. The summed E-state index contributed by atoms with van der Waals surface area (Å²) in [5, 5.41) is 6.23. The summed E-state index contributed by atoms with van der Waals surface area (Å²) in [5.74, 6) is -1.63. The van der Waals surface area contributed by atoms with Crippen molar-refractivity contribution >= 4 is 5.91 Å². The summed E-state index contributed by atoms with van der Waals surface area (Å²) in [4.78, 5) is 11.8. The molecule has 0 aliphatic carbocycles. The topological polar surface area (TPSA) is 46.9 Å². The molecule has 1 aromatic carbocycles. The minimum Gasteiger partial charge on any atom is -0.348 e. The van der Waals surface area contributed by atoms with Gasteiger partial charge < -0.3 is 5.32 Å². The Kier molecular flexibility index (Phi) is 4.12. The quantitative estimate of drug-likeness (QED) is 0.932. The van der Waals surface area contributed by atoms with Crippen LogP contribution < -0.4 is 5.32 Å². The zero-order chi connectivity index (χ0) is 14.7. The number of nitrogens with one attached hydrogen (secondary N) is 1. The highest BCUT2D eigenvalue weighted by Gasteiger charge is 2.16. The van der Waals surface area contributed by atoms with Crippen molar-refractivity contribution in [1.82, 2.24) is 15.1 Å². The first-order valence-corrected chi connectivity index (χ1v) is 6.26. The molecule has 0 fully saturated rings. The molecule has 106 valence electrons. The van der Waals surface area contributed by atoms with Crippen LogP contribution in [0.5, 0.6) is 0 Å². The zero-order valence-electron chi connectivity index (χ0n) is 11.3. The average Bonchev–Trinajstić information content (AvgIpc) is 2.76. The summed E-state index contributed by atoms with van der Waals surface area (Å²) < 4.78 is 27.7. The molecule has 6 heteroatoms. The largest absolute Gasteiger partial charge is 0.348 e. The van der Waals surface area contributed by atoms with Gasteiger partial charge in [-0.2, -0.15) is 9.49 Å². The Hall–Kier alpha value is -2.24. The molecule has 0 saturated heterocycles. The van der Waals surface area contributed by atoms with Crippen molar-refractivity contribution in [2.45, 2.75) is 19.9 Å². The number of hydrogen-bond donors (Lipinski definition) is 1. The summed E-state index contributed by atoms with van der Waals surface area (Å²) in [5.41, 5.74) is 1.51. The fraction of sp³-hybridized carbons (Fsp3) is 0.286. The highest BCUT2D eigenvalue weighted by molar-refractivity contribution is 5.93. The van der Waals surface area contributed by atoms with E-state index in [0.29, 0.717) is 5.56 Å². The molecule has 0 atom stereocenters. The fourth-order valence-electron chi connectivity index (χ4n) is 1.95. The van der Waals surface area contributed by atoms with Crippen molar-refractivity contribution in [1.29, 1.82) is 0 Å². The second-order valence-corrected chi connectivity index (χ2v) is 4.42. The highest BCUT2D eigenvalue weighted by Crippen LogP contribution is 2.12. The van der Waals surface area contributed by atoms with Gasteiger partial charge in [0, 0.05) is 13.6 Å². The highest BCUT2D eigenvalue weighted by atomic mass is 19.1. The molecule has 1 amide bonds. The Bertz CT molecular complexity index is 637. The Labute approximate surface area is 115 Å². The maximum absolute atomic E-state index is 13.5. The van der Waals surface area contributed by atoms with E-state index in [1.54, 1.807) is 6.07 Å². The van der Waals surface area contributed by atoms with E-state index in [2.05, 4.69) is 10.4 Å². The monoisotopic (exact) mass is 279 g/mol. The molecule has 20 heavy (non-hydrogen) atoms. The smallest absolute Gasteiger partial charge is 0.257 e. The molecule has 1 aromatic heterocycles. The number of hydrogen-bond acceptors (Lipinski definition) is 2. The molecule has 0 aliphatic heterocycles. The summed E-state index contributed by atoms with van der Waals surface area (Å²) in [6, 6.07) is 4.44. The number of amides is 1. The molecule has 1 heterocycles. The van der Waals surface area contributed by atoms with Gasteiger partial charge in [0.2, 0.25) is 5.95 Å². The van der Waals surface area contributed by atoms with Gasteiger partial charge in [0.15, 0.2) is 0 Å². The number of nitrogens with zero attached hydrogens (tertiary/aromatic N) is 2. The van der Waals surface area contributed by atoms with Gasteiger partial charge in [0.05, 0.1) is 6.20 Å². The number of halogens is 2. The van der Waals surface area contributed by atoms with Gasteiger partial charge in [-0.05, 0) is 29.7 Å². The molecule has 0 aliphatic rings. The standard InChI is InChI=1S/C14H15F2N3O/c1-3-9-4-5-11(15)6-10(9)7-17-14(20)12-8-18-19(2)13(12)16/h4-6,8H,3,7H2,1-2H3,(H,17,20). The van der Waals surface area contributed by atoms with Gasteiger partial charge in [-0.25, -0.2) is 9.07 Å². The number of carbonyl (C=O) groups excluding carboxylic acids is 1. The maximum atomic E-state index is 13.5. The van der Waals surface area contributed by atoms with Crippen LogP contribution in [0, 0.1) is 11.8 Å². The summed E-state index contributed by atoms with van der Waals surface area (Å²) in [6.45, 7) is 2.09. The first-order chi connectivity index (χ1) is 9.52. The molecular formula is C14H15F2N3O. The van der Waals surface area contributed by atoms with Gasteiger partial charge in [0.1, 0.15) is 11.4 Å². The third-order valence-electron chi connectivity index (χ3n) is 3.10. The van der Waals surface area contributed by atoms with Crippen LogP contribution in [0.1, 0.15) is 28.4 Å². The van der Waals surface area contributed by atoms with Crippen molar-refractivity contribution in [2.24, 2.45) is 7.05 Å². The molecule has 0 spiro atoms. The summed E-state index contributed by atoms with van der Waals surface area (Å²) in [6.07, 6.45) is 1.89. The lowest BCUT2D eigenvalue weighted by atomic mass is 10.1. The van der Waals surface area contributed by atoms with Crippen molar-refractivity contribution < 1.29 is 13.6 Å². The van der Waals surface area contributed by atoms with Crippen LogP contribution in [-0.2, 0) is 20.0 Å². The summed E-state index contributed by atoms with van der Waals surface area (Å²) in [7, 11) is 1.41. The lowest BCUT2D eigenvalue weighted by molar-refractivity contribution is 0.0946. The first kappa shape index (κ1) is 14.2. The fourth-order valence-corrected chi connectivity index (χ4v) is 1.95. The van der Waals surface area contributed by atoms with Crippen LogP contribution in [0.25, 0.3) is 0 Å². The average molecular weight is 279 g/mol. The van der Waals surface area contributed by atoms with Crippen LogP contribution in [-0.4, -0.2) is 15.7 Å². The third kappa shape index (κ3) is 2.84. The third-order valence-corrected chi connectivity index (χ3v) is 3.10. The molecule has 0 bridgehead atoms. The minimum absolute atomic E-state index is 0.123. The number of benzene rings is 1. The molecule has 1 N–H and O–H groups in total. The lowest BCUT2D eigenvalue weighted by Crippen LogP contribution is -2.24. The van der Waals surface area contributed by atoms with Crippen LogP contribution in [0.4, 0.5) is 8.78 Å². The van der Waals surface area contributed by atoms with E-state index in [-0.39, 0.29) is 17.9 Å². The Morgan fingerprint density at radius 3 is 2.70 bits per heavy atom. The van der Waals surface area contributed by atoms with Gasteiger partial charge in [-0.1, -0.05) is 13.0 Å². The van der Waals surface area contributed by atoms with Crippen LogP contribution in [0.2, 0.25) is 0 Å². The zero-order valence-corrected chi connectivity index (χ0v) is 11.3. The van der Waals surface area contributed by atoms with E-state index >= 15 is 0 Å². The van der Waals surface area contributed by atoms with E-state index in [9.17, 15) is 13.6 Å². The van der Waals surface area contributed by atoms with Crippen molar-refractivity contribution in [3.63, 3.8) is 0 Å². The Morgan fingerprint density at radius 2 is 2.10 bits per heavy atom. The SMILES string of the molecule is CCc1ccc(F)cc1CNC(=O)c1cnn(C)c1F. The van der Waals surface area contributed by atoms with Gasteiger partial charge in [-0.15, -0.1) is 0 Å². The van der Waals surface area contributed by atoms with Crippen LogP contribution >= 0.6 is 0 Å². The van der Waals surface area contributed by atoms with Gasteiger partial charge in [0.25, 0.3) is 5.91 Å². The number of aromatic nitrogens is 2. The van der Waals surface area contributed by atoms with Gasteiger partial charge in [-0.3, -0.25) is 4.79 Å². The maximum Gasteiger partial charge on any atom is 0.257 e. The lowest BCUT2D eigenvalue weighted by Gasteiger charge is -2.09. The van der Waals surface area contributed by atoms with E-state index in [1.807, 2.05) is 6.92 Å². The van der Waals surface area contributed by atoms with Crippen molar-refractivity contribution in [3.05, 3.63) is 52.9 Å². The number of carbonyl (C=O) groups is 1. The van der Waals surface area contributed by atoms with Crippen LogP contribution in [0.3, 0.4) is 0 Å². The Balaban J connectivity index is 2.11. The molecule has 0 unspecified atom stereocenters. The molecule has 4 nitrogen and oxygen atoms in total. The predicted octanol–water partition coefficient (Wildman–Crippen LogP) is 2.19. The first-order valence-electron chi connectivity index (χ1n) is 6.26. The molecule has 2 aromatic rings. The Morgan fingerprint density at radius 1 is 1.35 bits per heavy atom. The van der Waals surface area contributed by atoms with E-state index in [0.717, 1.165) is 22.9 Å². The van der Waals surface area contributed by atoms with Gasteiger partial charge >= 0.3 is 0 Å². The second-order valence-electron chi connectivity index (χ2n) is 4.42. The molecule has 0 radical (unpaired) electrons. The molecule has 0 saturated carbocycles. The predicted molar refractivity (Wildman–Crippen MR) is 70.1 cm³/mol. The van der Waals surface area contributed by atoms with Crippen molar-refractivity contribution in [3.8, 4) is 0 Å². The molecular weight excluding hydrogens is 264 g/mol. The normalized spacial score (nSPS) is 10.6.